The van der Waals surface area contributed by atoms with Crippen molar-refractivity contribution in [2.24, 2.45) is 17.8 Å². The maximum absolute atomic E-state index is 14.0. The van der Waals surface area contributed by atoms with Crippen LogP contribution in [0.4, 0.5) is 5.69 Å². The zero-order chi connectivity index (χ0) is 31.2. The molecule has 5 aliphatic carbocycles. The van der Waals surface area contributed by atoms with Gasteiger partial charge in [-0.1, -0.05) is 54.2 Å². The van der Waals surface area contributed by atoms with E-state index in [2.05, 4.69) is 17.4 Å². The molecule has 2 aromatic rings. The molecule has 0 aromatic heterocycles. The van der Waals surface area contributed by atoms with Crippen molar-refractivity contribution in [3.05, 3.63) is 63.6 Å². The van der Waals surface area contributed by atoms with Crippen LogP contribution in [0.5, 0.6) is 0 Å². The smallest absolute Gasteiger partial charge is 0.244 e. The normalized spacial score (nSPS) is 26.9. The second kappa shape index (κ2) is 12.5. The molecule has 5 aliphatic rings. The summed E-state index contributed by atoms with van der Waals surface area (Å²) in [6.45, 7) is 1.19. The van der Waals surface area contributed by atoms with Crippen LogP contribution in [0.15, 0.2) is 42.5 Å². The minimum Gasteiger partial charge on any atom is -0.352 e. The van der Waals surface area contributed by atoms with Crippen LogP contribution in [0.25, 0.3) is 0 Å². The molecule has 2 amide bonds. The van der Waals surface area contributed by atoms with Gasteiger partial charge >= 0.3 is 0 Å². The van der Waals surface area contributed by atoms with Gasteiger partial charge in [0.15, 0.2) is 0 Å². The average molecular weight is 661 g/mol. The second-order valence-corrected chi connectivity index (χ2v) is 16.6. The highest BCUT2D eigenvalue weighted by molar-refractivity contribution is 7.92. The minimum atomic E-state index is -3.82. The van der Waals surface area contributed by atoms with Crippen LogP contribution in [0.1, 0.15) is 82.3 Å². The van der Waals surface area contributed by atoms with Crippen LogP contribution in [0.2, 0.25) is 10.0 Å². The number of hydrogen-bond donors (Lipinski definition) is 1. The summed E-state index contributed by atoms with van der Waals surface area (Å²) in [5.74, 6) is 1.62. The van der Waals surface area contributed by atoms with Gasteiger partial charge in [-0.25, -0.2) is 8.42 Å². The van der Waals surface area contributed by atoms with Gasteiger partial charge in [-0.3, -0.25) is 13.9 Å². The van der Waals surface area contributed by atoms with E-state index in [1.165, 1.54) is 49.0 Å². The van der Waals surface area contributed by atoms with Crippen molar-refractivity contribution in [3.63, 3.8) is 0 Å². The molecule has 0 radical (unpaired) electrons. The Morgan fingerprint density at radius 3 is 2.00 bits per heavy atom. The molecule has 1 atom stereocenters. The number of amides is 2. The SMILES string of the molecule is C[C@@H](C(=O)NC1CCCC1)N(Cc1c(Cl)cccc1Cl)C(=O)CN(c1ccc(C23CC4CC(CC(C4)C2)C3)cc1)S(C)(=O)=O. The van der Waals surface area contributed by atoms with Crippen molar-refractivity contribution in [1.29, 1.82) is 0 Å². The predicted molar refractivity (Wildman–Crippen MR) is 175 cm³/mol. The average Bonchev–Trinajstić information content (AvgIpc) is 3.47. The number of halogens is 2. The number of sulfonamides is 1. The lowest BCUT2D eigenvalue weighted by molar-refractivity contribution is -0.139. The van der Waals surface area contributed by atoms with Gasteiger partial charge in [0, 0.05) is 28.2 Å². The number of hydrogen-bond acceptors (Lipinski definition) is 4. The Bertz CT molecular complexity index is 1450. The third kappa shape index (κ3) is 6.50. The van der Waals surface area contributed by atoms with E-state index in [9.17, 15) is 18.0 Å². The van der Waals surface area contributed by atoms with Crippen molar-refractivity contribution in [1.82, 2.24) is 10.2 Å². The zero-order valence-electron chi connectivity index (χ0n) is 25.6. The van der Waals surface area contributed by atoms with E-state index < -0.39 is 28.5 Å². The number of carbonyl (C=O) groups is 2. The third-order valence-electron chi connectivity index (χ3n) is 10.7. The molecule has 1 N–H and O–H groups in total. The first kappa shape index (κ1) is 31.7. The summed E-state index contributed by atoms with van der Waals surface area (Å²) in [7, 11) is -3.82. The summed E-state index contributed by atoms with van der Waals surface area (Å²) in [6, 6.07) is 12.1. The predicted octanol–water partition coefficient (Wildman–Crippen LogP) is 6.70. The molecule has 0 heterocycles. The number of carbonyl (C=O) groups excluding carboxylic acids is 2. The number of nitrogens with zero attached hydrogens (tertiary/aromatic N) is 2. The molecule has 2 aromatic carbocycles. The van der Waals surface area contributed by atoms with E-state index >= 15 is 0 Å². The molecular formula is C34H43Cl2N3O4S. The van der Waals surface area contributed by atoms with Crippen molar-refractivity contribution in [3.8, 4) is 0 Å². The first-order valence-electron chi connectivity index (χ1n) is 16.0. The fourth-order valence-corrected chi connectivity index (χ4v) is 10.3. The highest BCUT2D eigenvalue weighted by atomic mass is 35.5. The molecule has 0 spiro atoms. The number of rotatable bonds is 10. The Morgan fingerprint density at radius 1 is 0.932 bits per heavy atom. The Labute approximate surface area is 271 Å². The van der Waals surface area contributed by atoms with Gasteiger partial charge in [-0.2, -0.15) is 0 Å². The summed E-state index contributed by atoms with van der Waals surface area (Å²) in [5.41, 5.74) is 2.42. The standard InChI is InChI=1S/C34H43Cl2N3O4S/c1-22(33(41)37-27-6-3-4-7-27)38(20-29-30(35)8-5-9-31(29)36)32(40)21-39(44(2,42)43)28-12-10-26(11-13-28)34-17-23-14-24(18-34)16-25(15-23)19-34/h5,8-13,22-25,27H,3-4,6-7,14-21H2,1-2H3,(H,37,41)/t22-,23?,24?,25?,34?/m0/s1. The van der Waals surface area contributed by atoms with Gasteiger partial charge in [0.2, 0.25) is 21.8 Å². The Kier molecular flexibility index (Phi) is 8.99. The molecule has 5 saturated carbocycles. The van der Waals surface area contributed by atoms with E-state index in [-0.39, 0.29) is 23.9 Å². The second-order valence-electron chi connectivity index (χ2n) is 13.9. The molecule has 7 nitrogen and oxygen atoms in total. The van der Waals surface area contributed by atoms with Crippen LogP contribution in [0.3, 0.4) is 0 Å². The largest absolute Gasteiger partial charge is 0.352 e. The van der Waals surface area contributed by atoms with Gasteiger partial charge in [0.05, 0.1) is 11.9 Å². The molecular weight excluding hydrogens is 617 g/mol. The lowest BCUT2D eigenvalue weighted by Gasteiger charge is -2.57. The Morgan fingerprint density at radius 2 is 1.48 bits per heavy atom. The van der Waals surface area contributed by atoms with Crippen LogP contribution in [0, 0.1) is 17.8 Å². The highest BCUT2D eigenvalue weighted by Crippen LogP contribution is 2.60. The summed E-state index contributed by atoms with van der Waals surface area (Å²) in [6.07, 6.45) is 12.8. The van der Waals surface area contributed by atoms with Gasteiger partial charge in [0.25, 0.3) is 0 Å². The molecule has 0 aliphatic heterocycles. The first-order valence-corrected chi connectivity index (χ1v) is 18.6. The minimum absolute atomic E-state index is 0.0286. The van der Waals surface area contributed by atoms with E-state index in [1.807, 2.05) is 12.1 Å². The van der Waals surface area contributed by atoms with E-state index in [0.717, 1.165) is 54.0 Å². The fourth-order valence-electron chi connectivity index (χ4n) is 8.89. The zero-order valence-corrected chi connectivity index (χ0v) is 27.9. The summed E-state index contributed by atoms with van der Waals surface area (Å²) in [5, 5.41) is 3.82. The van der Waals surface area contributed by atoms with Crippen LogP contribution >= 0.6 is 23.2 Å². The number of nitrogens with one attached hydrogen (secondary N) is 1. The third-order valence-corrected chi connectivity index (χ3v) is 12.6. The number of anilines is 1. The van der Waals surface area contributed by atoms with Crippen LogP contribution in [-0.2, 0) is 31.6 Å². The maximum atomic E-state index is 14.0. The summed E-state index contributed by atoms with van der Waals surface area (Å²) >= 11 is 12.9. The fraction of sp³-hybridized carbons (Fsp3) is 0.588. The maximum Gasteiger partial charge on any atom is 0.244 e. The number of benzene rings is 2. The van der Waals surface area contributed by atoms with Crippen LogP contribution < -0.4 is 9.62 Å². The van der Waals surface area contributed by atoms with Crippen molar-refractivity contribution in [2.45, 2.75) is 95.2 Å². The van der Waals surface area contributed by atoms with Crippen molar-refractivity contribution >= 4 is 50.7 Å². The Hall–Kier alpha value is -2.29. The molecule has 7 rings (SSSR count). The lowest BCUT2D eigenvalue weighted by atomic mass is 9.48. The van der Waals surface area contributed by atoms with E-state index in [0.29, 0.717) is 21.3 Å². The van der Waals surface area contributed by atoms with E-state index in [4.69, 9.17) is 23.2 Å². The van der Waals surface area contributed by atoms with Gasteiger partial charge in [-0.15, -0.1) is 0 Å². The molecule has 10 heteroatoms. The molecule has 0 unspecified atom stereocenters. The molecule has 5 fully saturated rings. The van der Waals surface area contributed by atoms with Crippen LogP contribution in [-0.4, -0.2) is 50.0 Å². The summed E-state index contributed by atoms with van der Waals surface area (Å²) < 4.78 is 27.4. The van der Waals surface area contributed by atoms with Gasteiger partial charge < -0.3 is 10.2 Å². The monoisotopic (exact) mass is 659 g/mol. The molecule has 0 saturated heterocycles. The molecule has 44 heavy (non-hydrogen) atoms. The lowest BCUT2D eigenvalue weighted by Crippen LogP contribution is -2.52. The van der Waals surface area contributed by atoms with Gasteiger partial charge in [-0.05, 0) is 111 Å². The summed E-state index contributed by atoms with van der Waals surface area (Å²) in [4.78, 5) is 28.8. The highest BCUT2D eigenvalue weighted by Gasteiger charge is 2.51. The molecule has 238 valence electrons. The topological polar surface area (TPSA) is 86.8 Å². The van der Waals surface area contributed by atoms with Gasteiger partial charge in [0.1, 0.15) is 12.6 Å². The van der Waals surface area contributed by atoms with Crippen molar-refractivity contribution in [2.75, 3.05) is 17.1 Å². The quantitative estimate of drug-likeness (QED) is 0.307. The molecule has 4 bridgehead atoms. The van der Waals surface area contributed by atoms with E-state index in [1.54, 1.807) is 25.1 Å². The first-order chi connectivity index (χ1) is 20.9. The van der Waals surface area contributed by atoms with Crippen molar-refractivity contribution < 1.29 is 18.0 Å². The Balaban J connectivity index is 1.25.